The van der Waals surface area contributed by atoms with Crippen LogP contribution in [0.3, 0.4) is 0 Å². The lowest BCUT2D eigenvalue weighted by molar-refractivity contribution is -0.141. The number of carbonyl (C=O) groups excluding carboxylic acids is 3. The number of aryl methyl sites for hydroxylation is 1. The van der Waals surface area contributed by atoms with E-state index in [4.69, 9.17) is 0 Å². The second-order valence-corrected chi connectivity index (χ2v) is 13.4. The predicted octanol–water partition coefficient (Wildman–Crippen LogP) is 3.16. The van der Waals surface area contributed by atoms with E-state index in [-0.39, 0.29) is 36.0 Å². The van der Waals surface area contributed by atoms with Gasteiger partial charge in [0.25, 0.3) is 0 Å². The zero-order valence-corrected chi connectivity index (χ0v) is 23.8. The van der Waals surface area contributed by atoms with Crippen LogP contribution < -0.4 is 5.32 Å². The molecule has 1 aromatic rings. The molecule has 1 aromatic carbocycles. The molecule has 2 aliphatic heterocycles. The van der Waals surface area contributed by atoms with Crippen molar-refractivity contribution in [1.29, 1.82) is 0 Å². The zero-order chi connectivity index (χ0) is 27.4. The predicted molar refractivity (Wildman–Crippen MR) is 147 cm³/mol. The first-order valence-corrected chi connectivity index (χ1v) is 16.1. The Balaban J connectivity index is 1.58. The molecule has 2 heterocycles. The number of nitrogens with one attached hydrogen (secondary N) is 1. The van der Waals surface area contributed by atoms with Crippen molar-refractivity contribution in [2.45, 2.75) is 89.8 Å². The second kappa shape index (κ2) is 12.3. The van der Waals surface area contributed by atoms with Crippen molar-refractivity contribution in [2.24, 2.45) is 17.8 Å². The summed E-state index contributed by atoms with van der Waals surface area (Å²) in [5.74, 6) is -0.985. The van der Waals surface area contributed by atoms with Crippen LogP contribution in [0.2, 0.25) is 0 Å². The van der Waals surface area contributed by atoms with Crippen molar-refractivity contribution >= 4 is 27.6 Å². The van der Waals surface area contributed by atoms with E-state index in [0.717, 1.165) is 37.7 Å². The van der Waals surface area contributed by atoms with Crippen molar-refractivity contribution in [3.05, 3.63) is 35.9 Å². The van der Waals surface area contributed by atoms with Crippen molar-refractivity contribution in [2.75, 3.05) is 19.3 Å². The number of sulfonamides is 1. The van der Waals surface area contributed by atoms with Gasteiger partial charge in [0.1, 0.15) is 11.8 Å². The molecular weight excluding hydrogens is 502 g/mol. The first-order valence-electron chi connectivity index (χ1n) is 14.3. The average Bonchev–Trinajstić information content (AvgIpc) is 3.51. The van der Waals surface area contributed by atoms with Crippen LogP contribution in [-0.2, 0) is 30.8 Å². The number of Topliss-reactive ketones (excluding diaryl/α,β-unsaturated/α-hetero) is 1. The number of amides is 2. The van der Waals surface area contributed by atoms with Crippen molar-refractivity contribution in [3.63, 3.8) is 0 Å². The minimum absolute atomic E-state index is 0.00689. The van der Waals surface area contributed by atoms with Gasteiger partial charge >= 0.3 is 0 Å². The van der Waals surface area contributed by atoms with Crippen LogP contribution in [0.1, 0.15) is 70.8 Å². The van der Waals surface area contributed by atoms with E-state index in [1.54, 1.807) is 4.90 Å². The molecule has 2 saturated heterocycles. The highest BCUT2D eigenvalue weighted by molar-refractivity contribution is 7.88. The Morgan fingerprint density at radius 2 is 1.74 bits per heavy atom. The van der Waals surface area contributed by atoms with E-state index in [2.05, 4.69) is 5.32 Å². The molecule has 0 unspecified atom stereocenters. The number of ketones is 1. The van der Waals surface area contributed by atoms with Gasteiger partial charge in [-0.2, -0.15) is 4.31 Å². The molecule has 0 aromatic heterocycles. The van der Waals surface area contributed by atoms with Crippen molar-refractivity contribution < 1.29 is 22.8 Å². The lowest BCUT2D eigenvalue weighted by atomic mass is 9.82. The molecule has 1 N–H and O–H groups in total. The number of carbonyl (C=O) groups is 3. The summed E-state index contributed by atoms with van der Waals surface area (Å²) in [6.07, 6.45) is 8.21. The number of hydrogen-bond acceptors (Lipinski definition) is 5. The molecule has 3 fully saturated rings. The van der Waals surface area contributed by atoms with Crippen molar-refractivity contribution in [1.82, 2.24) is 14.5 Å². The number of likely N-dealkylation sites (tertiary alicyclic amines) is 1. The topological polar surface area (TPSA) is 104 Å². The summed E-state index contributed by atoms with van der Waals surface area (Å²) < 4.78 is 26.8. The Kier molecular flexibility index (Phi) is 9.29. The summed E-state index contributed by atoms with van der Waals surface area (Å²) in [6.45, 7) is 4.33. The molecule has 9 heteroatoms. The third-order valence-corrected chi connectivity index (χ3v) is 10.2. The molecular formula is C29H43N3O5S. The summed E-state index contributed by atoms with van der Waals surface area (Å²) in [5, 5.41) is 3.08. The zero-order valence-electron chi connectivity index (χ0n) is 23.0. The van der Waals surface area contributed by atoms with E-state index in [0.29, 0.717) is 32.2 Å². The molecule has 210 valence electrons. The third-order valence-electron chi connectivity index (χ3n) is 8.95. The summed E-state index contributed by atoms with van der Waals surface area (Å²) in [7, 11) is -3.54. The maximum atomic E-state index is 14.2. The van der Waals surface area contributed by atoms with E-state index < -0.39 is 34.1 Å². The van der Waals surface area contributed by atoms with E-state index in [9.17, 15) is 22.8 Å². The molecule has 8 nitrogen and oxygen atoms in total. The Hall–Kier alpha value is -2.26. The fourth-order valence-electron chi connectivity index (χ4n) is 6.57. The van der Waals surface area contributed by atoms with Gasteiger partial charge in [-0.1, -0.05) is 63.4 Å². The second-order valence-electron chi connectivity index (χ2n) is 11.5. The number of benzene rings is 1. The molecule has 0 spiro atoms. The quantitative estimate of drug-likeness (QED) is 0.487. The largest absolute Gasteiger partial charge is 0.344 e. The van der Waals surface area contributed by atoms with Crippen molar-refractivity contribution in [3.8, 4) is 0 Å². The number of nitrogens with zero attached hydrogens (tertiary/aromatic N) is 2. The van der Waals surface area contributed by atoms with E-state index in [1.807, 2.05) is 44.2 Å². The molecule has 3 aliphatic rings. The minimum Gasteiger partial charge on any atom is -0.344 e. The Labute approximate surface area is 227 Å². The van der Waals surface area contributed by atoms with Gasteiger partial charge in [0.05, 0.1) is 18.2 Å². The van der Waals surface area contributed by atoms with Crippen LogP contribution in [0.5, 0.6) is 0 Å². The number of hydrogen-bond donors (Lipinski definition) is 1. The lowest BCUT2D eigenvalue weighted by Gasteiger charge is -2.36. The first-order chi connectivity index (χ1) is 18.1. The van der Waals surface area contributed by atoms with Gasteiger partial charge in [-0.25, -0.2) is 8.42 Å². The molecule has 2 amide bonds. The fraction of sp³-hybridized carbons (Fsp3) is 0.690. The standard InChI is InChI=1S/C29H43N3O5S/c1-4-20(2)28(34)30-26(22-13-9-6-10-14-22)29(35)31-18-17-24-27(31)23(19-32(24)38(3,36)37)25(33)16-15-21-11-7-5-8-12-21/h5,7-8,11-12,20,22-24,26-27H,4,6,9-10,13-19H2,1-3H3,(H,30,34)/t20-,23-,24-,26+,27-/m1/s1. The first kappa shape index (κ1) is 28.7. The van der Waals surface area contributed by atoms with Crippen LogP contribution in [-0.4, -0.2) is 72.7 Å². The molecule has 38 heavy (non-hydrogen) atoms. The number of fused-ring (bicyclic) bond motifs is 1. The normalized spacial score (nSPS) is 26.1. The fourth-order valence-corrected chi connectivity index (χ4v) is 7.73. The summed E-state index contributed by atoms with van der Waals surface area (Å²) in [4.78, 5) is 42.4. The lowest BCUT2D eigenvalue weighted by Crippen LogP contribution is -2.56. The van der Waals surface area contributed by atoms with E-state index >= 15 is 0 Å². The minimum atomic E-state index is -3.54. The maximum Gasteiger partial charge on any atom is 0.245 e. The summed E-state index contributed by atoms with van der Waals surface area (Å²) in [5.41, 5.74) is 1.06. The molecule has 0 bridgehead atoms. The van der Waals surface area contributed by atoms with Gasteiger partial charge in [0.2, 0.25) is 21.8 Å². The molecule has 4 rings (SSSR count). The highest BCUT2D eigenvalue weighted by Crippen LogP contribution is 2.39. The van der Waals surface area contributed by atoms with Gasteiger partial charge in [0.15, 0.2) is 0 Å². The highest BCUT2D eigenvalue weighted by Gasteiger charge is 2.55. The molecule has 1 saturated carbocycles. The monoisotopic (exact) mass is 545 g/mol. The molecule has 0 radical (unpaired) electrons. The summed E-state index contributed by atoms with van der Waals surface area (Å²) >= 11 is 0. The maximum absolute atomic E-state index is 14.2. The van der Waals surface area contributed by atoms with E-state index in [1.165, 1.54) is 10.6 Å². The van der Waals surface area contributed by atoms with Crippen LogP contribution in [0.15, 0.2) is 30.3 Å². The smallest absolute Gasteiger partial charge is 0.245 e. The van der Waals surface area contributed by atoms with Crippen LogP contribution in [0.4, 0.5) is 0 Å². The van der Waals surface area contributed by atoms with Gasteiger partial charge < -0.3 is 10.2 Å². The number of rotatable bonds is 10. The highest BCUT2D eigenvalue weighted by atomic mass is 32.2. The SMILES string of the molecule is CC[C@@H](C)C(=O)N[C@H](C(=O)N1CC[C@@H]2[C@H]1[C@@H](C(=O)CCc1ccccc1)CN2S(C)(=O)=O)C1CCCCC1. The van der Waals surface area contributed by atoms with Gasteiger partial charge in [-0.15, -0.1) is 0 Å². The Morgan fingerprint density at radius 1 is 1.05 bits per heavy atom. The molecule has 5 atom stereocenters. The summed E-state index contributed by atoms with van der Waals surface area (Å²) in [6, 6.07) is 8.23. The van der Waals surface area contributed by atoms with Gasteiger partial charge in [-0.3, -0.25) is 14.4 Å². The average molecular weight is 546 g/mol. The van der Waals surface area contributed by atoms with Gasteiger partial charge in [-0.05, 0) is 43.6 Å². The van der Waals surface area contributed by atoms with Gasteiger partial charge in [0, 0.05) is 31.5 Å². The van der Waals surface area contributed by atoms with Crippen LogP contribution in [0.25, 0.3) is 0 Å². The Bertz CT molecular complexity index is 1100. The van der Waals surface area contributed by atoms with Crippen LogP contribution in [0, 0.1) is 17.8 Å². The van der Waals surface area contributed by atoms with Crippen LogP contribution >= 0.6 is 0 Å². The molecule has 1 aliphatic carbocycles. The third kappa shape index (κ3) is 6.30. The Morgan fingerprint density at radius 3 is 2.37 bits per heavy atom.